The lowest BCUT2D eigenvalue weighted by molar-refractivity contribution is -0.121. The van der Waals surface area contributed by atoms with Crippen LogP contribution in [0.3, 0.4) is 0 Å². The Kier molecular flexibility index (Phi) is 6.65. The van der Waals surface area contributed by atoms with Gasteiger partial charge in [0.25, 0.3) is 5.91 Å². The number of hydrogen-bond acceptors (Lipinski definition) is 6. The number of nitrogens with one attached hydrogen (secondary N) is 2. The van der Waals surface area contributed by atoms with Gasteiger partial charge in [-0.3, -0.25) is 14.6 Å². The maximum atomic E-state index is 12.7. The standard InChI is InChI=1S/C19H24N4O5S/c1-14-17(29(26,27)23-10-2-3-11-23)12-16(28-14)19(25)21-9-6-18(24)22-13-15-4-7-20-8-5-15/h4-5,7-8,12H,2-3,6,9-11,13H2,1H3,(H,21,25)(H,22,24). The summed E-state index contributed by atoms with van der Waals surface area (Å²) in [5.41, 5.74) is 0.926. The maximum Gasteiger partial charge on any atom is 0.287 e. The molecule has 2 aromatic heterocycles. The zero-order chi connectivity index (χ0) is 20.9. The number of rotatable bonds is 8. The summed E-state index contributed by atoms with van der Waals surface area (Å²) < 4.78 is 32.1. The molecule has 1 aliphatic heterocycles. The summed E-state index contributed by atoms with van der Waals surface area (Å²) in [6, 6.07) is 4.85. The minimum atomic E-state index is -3.66. The molecule has 29 heavy (non-hydrogen) atoms. The molecule has 2 N–H and O–H groups in total. The highest BCUT2D eigenvalue weighted by Crippen LogP contribution is 2.26. The molecule has 0 aliphatic carbocycles. The predicted molar refractivity (Wildman–Crippen MR) is 104 cm³/mol. The molecule has 1 fully saturated rings. The van der Waals surface area contributed by atoms with Crippen molar-refractivity contribution < 1.29 is 22.4 Å². The topological polar surface area (TPSA) is 122 Å². The molecular weight excluding hydrogens is 396 g/mol. The van der Waals surface area contributed by atoms with Crippen molar-refractivity contribution in [2.24, 2.45) is 0 Å². The van der Waals surface area contributed by atoms with Crippen molar-refractivity contribution in [1.29, 1.82) is 0 Å². The predicted octanol–water partition coefficient (Wildman–Crippen LogP) is 1.20. The van der Waals surface area contributed by atoms with Crippen LogP contribution in [0.15, 0.2) is 39.9 Å². The van der Waals surface area contributed by atoms with E-state index in [1.54, 1.807) is 24.5 Å². The van der Waals surface area contributed by atoms with Crippen molar-refractivity contribution in [2.45, 2.75) is 37.6 Å². The van der Waals surface area contributed by atoms with Gasteiger partial charge in [0.05, 0.1) is 0 Å². The number of nitrogens with zero attached hydrogens (tertiary/aromatic N) is 2. The first kappa shape index (κ1) is 21.0. The summed E-state index contributed by atoms with van der Waals surface area (Å²) in [4.78, 5) is 28.1. The van der Waals surface area contributed by atoms with Gasteiger partial charge < -0.3 is 15.1 Å². The normalized spacial score (nSPS) is 14.7. The zero-order valence-corrected chi connectivity index (χ0v) is 17.0. The molecule has 9 nitrogen and oxygen atoms in total. The highest BCUT2D eigenvalue weighted by molar-refractivity contribution is 7.89. The third kappa shape index (κ3) is 5.21. The smallest absolute Gasteiger partial charge is 0.287 e. The Labute approximate surface area is 169 Å². The van der Waals surface area contributed by atoms with Crippen molar-refractivity contribution in [3.8, 4) is 0 Å². The van der Waals surface area contributed by atoms with Crippen LogP contribution in [0.25, 0.3) is 0 Å². The SMILES string of the molecule is Cc1oc(C(=O)NCCC(=O)NCc2ccncc2)cc1S(=O)(=O)N1CCCC1. The number of sulfonamides is 1. The van der Waals surface area contributed by atoms with E-state index >= 15 is 0 Å². The van der Waals surface area contributed by atoms with Gasteiger partial charge in [-0.25, -0.2) is 8.42 Å². The van der Waals surface area contributed by atoms with Crippen LogP contribution in [0, 0.1) is 6.92 Å². The fraction of sp³-hybridized carbons (Fsp3) is 0.421. The first-order chi connectivity index (χ1) is 13.9. The lowest BCUT2D eigenvalue weighted by Crippen LogP contribution is -2.30. The van der Waals surface area contributed by atoms with Crippen molar-refractivity contribution >= 4 is 21.8 Å². The van der Waals surface area contributed by atoms with Gasteiger partial charge in [-0.05, 0) is 37.5 Å². The van der Waals surface area contributed by atoms with Gasteiger partial charge in [0.15, 0.2) is 5.76 Å². The minimum absolute atomic E-state index is 0.0136. The van der Waals surface area contributed by atoms with Crippen LogP contribution in [0.2, 0.25) is 0 Å². The first-order valence-corrected chi connectivity index (χ1v) is 10.9. The molecule has 0 radical (unpaired) electrons. The van der Waals surface area contributed by atoms with Crippen molar-refractivity contribution in [1.82, 2.24) is 19.9 Å². The molecule has 0 atom stereocenters. The van der Waals surface area contributed by atoms with Gasteiger partial charge in [-0.15, -0.1) is 0 Å². The molecule has 1 aliphatic rings. The summed E-state index contributed by atoms with van der Waals surface area (Å²) in [6.07, 6.45) is 5.03. The van der Waals surface area contributed by atoms with E-state index in [-0.39, 0.29) is 35.3 Å². The summed E-state index contributed by atoms with van der Waals surface area (Å²) in [7, 11) is -3.66. The summed E-state index contributed by atoms with van der Waals surface area (Å²) in [6.45, 7) is 2.96. The van der Waals surface area contributed by atoms with Gasteiger partial charge in [0.2, 0.25) is 15.9 Å². The van der Waals surface area contributed by atoms with E-state index in [9.17, 15) is 18.0 Å². The van der Waals surface area contributed by atoms with E-state index in [1.165, 1.54) is 17.3 Å². The lowest BCUT2D eigenvalue weighted by atomic mass is 10.2. The molecule has 3 heterocycles. The molecule has 2 aromatic rings. The average Bonchev–Trinajstić information content (AvgIpc) is 3.38. The third-order valence-corrected chi connectivity index (χ3v) is 6.66. The number of pyridine rings is 1. The second kappa shape index (κ2) is 9.19. The van der Waals surface area contributed by atoms with Crippen molar-refractivity contribution in [2.75, 3.05) is 19.6 Å². The van der Waals surface area contributed by atoms with Crippen LogP contribution in [0.1, 0.15) is 41.1 Å². The van der Waals surface area contributed by atoms with Gasteiger partial charge in [-0.2, -0.15) is 4.31 Å². The molecular formula is C19H24N4O5S. The number of furan rings is 1. The molecule has 0 unspecified atom stereocenters. The quantitative estimate of drug-likeness (QED) is 0.662. The van der Waals surface area contributed by atoms with Crippen molar-refractivity contribution in [3.05, 3.63) is 47.7 Å². The fourth-order valence-corrected chi connectivity index (χ4v) is 4.75. The molecule has 0 saturated carbocycles. The largest absolute Gasteiger partial charge is 0.455 e. The van der Waals surface area contributed by atoms with Gasteiger partial charge >= 0.3 is 0 Å². The summed E-state index contributed by atoms with van der Waals surface area (Å²) >= 11 is 0. The van der Waals surface area contributed by atoms with Crippen LogP contribution in [0.4, 0.5) is 0 Å². The Balaban J connectivity index is 1.50. The van der Waals surface area contributed by atoms with E-state index in [2.05, 4.69) is 15.6 Å². The Bertz CT molecular complexity index is 966. The molecule has 1 saturated heterocycles. The number of carbonyl (C=O) groups excluding carboxylic acids is 2. The Morgan fingerprint density at radius 2 is 1.86 bits per heavy atom. The van der Waals surface area contributed by atoms with E-state index < -0.39 is 15.9 Å². The van der Waals surface area contributed by atoms with Crippen molar-refractivity contribution in [3.63, 3.8) is 0 Å². The first-order valence-electron chi connectivity index (χ1n) is 9.42. The zero-order valence-electron chi connectivity index (χ0n) is 16.2. The molecule has 0 spiro atoms. The van der Waals surface area contributed by atoms with E-state index in [4.69, 9.17) is 4.42 Å². The third-order valence-electron chi connectivity index (χ3n) is 4.66. The van der Waals surface area contributed by atoms with Gasteiger partial charge in [-0.1, -0.05) is 0 Å². The van der Waals surface area contributed by atoms with Crippen LogP contribution < -0.4 is 10.6 Å². The molecule has 156 valence electrons. The number of carbonyl (C=O) groups is 2. The summed E-state index contributed by atoms with van der Waals surface area (Å²) in [5, 5.41) is 5.33. The molecule has 2 amide bonds. The Morgan fingerprint density at radius 1 is 1.17 bits per heavy atom. The van der Waals surface area contributed by atoms with Gasteiger partial charge in [0, 0.05) is 51.1 Å². The lowest BCUT2D eigenvalue weighted by Gasteiger charge is -2.14. The molecule has 0 bridgehead atoms. The summed E-state index contributed by atoms with van der Waals surface area (Å²) in [5.74, 6) is -0.678. The van der Waals surface area contributed by atoms with E-state index in [0.29, 0.717) is 19.6 Å². The fourth-order valence-electron chi connectivity index (χ4n) is 3.07. The molecule has 0 aromatic carbocycles. The number of aryl methyl sites for hydroxylation is 1. The van der Waals surface area contributed by atoms with Gasteiger partial charge in [0.1, 0.15) is 10.7 Å². The van der Waals surface area contributed by atoms with Crippen LogP contribution in [0.5, 0.6) is 0 Å². The highest BCUT2D eigenvalue weighted by Gasteiger charge is 2.31. The second-order valence-electron chi connectivity index (χ2n) is 6.78. The van der Waals surface area contributed by atoms with E-state index in [0.717, 1.165) is 18.4 Å². The monoisotopic (exact) mass is 420 g/mol. The number of aromatic nitrogens is 1. The molecule has 10 heteroatoms. The Hall–Kier alpha value is -2.72. The second-order valence-corrected chi connectivity index (χ2v) is 8.69. The van der Waals surface area contributed by atoms with E-state index in [1.807, 2.05) is 0 Å². The average molecular weight is 420 g/mol. The van der Waals surface area contributed by atoms with Crippen LogP contribution in [-0.2, 0) is 21.4 Å². The number of amides is 2. The minimum Gasteiger partial charge on any atom is -0.455 e. The highest BCUT2D eigenvalue weighted by atomic mass is 32.2. The maximum absolute atomic E-state index is 12.7. The van der Waals surface area contributed by atoms with Crippen LogP contribution >= 0.6 is 0 Å². The van der Waals surface area contributed by atoms with Crippen LogP contribution in [-0.4, -0.2) is 49.2 Å². The number of hydrogen-bond donors (Lipinski definition) is 2. The molecule has 3 rings (SSSR count). The Morgan fingerprint density at radius 3 is 2.55 bits per heavy atom.